The molecule has 4 heteroatoms. The molecule has 2 aromatic rings. The average molecular weight is 296 g/mol. The van der Waals surface area contributed by atoms with Crippen molar-refractivity contribution in [2.75, 3.05) is 0 Å². The molecule has 4 nitrogen and oxygen atoms in total. The molecule has 2 rings (SSSR count). The summed E-state index contributed by atoms with van der Waals surface area (Å²) in [4.78, 5) is 22.0. The summed E-state index contributed by atoms with van der Waals surface area (Å²) in [6, 6.07) is 6.29. The molecule has 0 aliphatic heterocycles. The van der Waals surface area contributed by atoms with Crippen LogP contribution in [0.1, 0.15) is 43.0 Å². The predicted octanol–water partition coefficient (Wildman–Crippen LogP) is 1.31. The highest BCUT2D eigenvalue weighted by atomic mass is 16.4. The SMILES string of the molecule is Cc1cc(C(=O)[O-])cc(C)c1-c1c(C)cc(C(=O)[O-])cc1C. The molecule has 0 saturated heterocycles. The van der Waals surface area contributed by atoms with Gasteiger partial charge < -0.3 is 19.8 Å². The van der Waals surface area contributed by atoms with Crippen LogP contribution in [0.5, 0.6) is 0 Å². The fraction of sp³-hybridized carbons (Fsp3) is 0.222. The molecule has 0 fully saturated rings. The number of carbonyl (C=O) groups is 2. The first-order chi connectivity index (χ1) is 10.2. The van der Waals surface area contributed by atoms with Gasteiger partial charge in [0.2, 0.25) is 0 Å². The molecule has 0 bridgehead atoms. The van der Waals surface area contributed by atoms with E-state index in [0.717, 1.165) is 33.4 Å². The highest BCUT2D eigenvalue weighted by Crippen LogP contribution is 2.34. The molecular formula is C18H16O4-2. The zero-order chi connectivity index (χ0) is 16.6. The van der Waals surface area contributed by atoms with Gasteiger partial charge in [0.25, 0.3) is 0 Å². The van der Waals surface area contributed by atoms with Crippen LogP contribution in [-0.2, 0) is 0 Å². The second kappa shape index (κ2) is 5.64. The topological polar surface area (TPSA) is 80.3 Å². The van der Waals surface area contributed by atoms with Gasteiger partial charge in [-0.05, 0) is 96.5 Å². The lowest BCUT2D eigenvalue weighted by molar-refractivity contribution is -0.256. The number of rotatable bonds is 3. The summed E-state index contributed by atoms with van der Waals surface area (Å²) in [5.74, 6) is -2.42. The van der Waals surface area contributed by atoms with E-state index in [2.05, 4.69) is 0 Å². The summed E-state index contributed by atoms with van der Waals surface area (Å²) in [7, 11) is 0. The summed E-state index contributed by atoms with van der Waals surface area (Å²) in [6.07, 6.45) is 0. The summed E-state index contributed by atoms with van der Waals surface area (Å²) >= 11 is 0. The van der Waals surface area contributed by atoms with Gasteiger partial charge in [-0.1, -0.05) is 0 Å². The number of hydrogen-bond donors (Lipinski definition) is 0. The van der Waals surface area contributed by atoms with Gasteiger partial charge in [-0.2, -0.15) is 0 Å². The molecule has 0 unspecified atom stereocenters. The van der Waals surface area contributed by atoms with Gasteiger partial charge in [-0.25, -0.2) is 0 Å². The number of aromatic carboxylic acids is 2. The Bertz CT molecular complexity index is 674. The van der Waals surface area contributed by atoms with Crippen molar-refractivity contribution in [1.29, 1.82) is 0 Å². The highest BCUT2D eigenvalue weighted by molar-refractivity contribution is 5.91. The number of hydrogen-bond acceptors (Lipinski definition) is 4. The Hall–Kier alpha value is -2.62. The van der Waals surface area contributed by atoms with E-state index in [9.17, 15) is 19.8 Å². The average Bonchev–Trinajstić information content (AvgIpc) is 2.40. The summed E-state index contributed by atoms with van der Waals surface area (Å²) in [5, 5.41) is 22.0. The van der Waals surface area contributed by atoms with Gasteiger partial charge in [0.05, 0.1) is 11.9 Å². The number of carboxylic acid groups (broad SMARTS) is 2. The van der Waals surface area contributed by atoms with Gasteiger partial charge >= 0.3 is 0 Å². The Labute approximate surface area is 129 Å². The molecule has 0 amide bonds. The van der Waals surface area contributed by atoms with Crippen LogP contribution in [0.25, 0.3) is 11.1 Å². The molecular weight excluding hydrogens is 280 g/mol. The number of benzene rings is 2. The smallest absolute Gasteiger partial charge is 0.0715 e. The van der Waals surface area contributed by atoms with Crippen LogP contribution < -0.4 is 10.2 Å². The molecule has 0 saturated carbocycles. The molecule has 114 valence electrons. The zero-order valence-electron chi connectivity index (χ0n) is 12.9. The first-order valence-electron chi connectivity index (χ1n) is 6.88. The standard InChI is InChI=1S/C18H18O4/c1-9-5-13(17(19)20)6-10(2)15(9)16-11(3)7-14(18(21)22)8-12(16)4/h5-8H,1-4H3,(H,19,20)(H,21,22)/p-2. The van der Waals surface area contributed by atoms with E-state index in [1.54, 1.807) is 24.3 Å². The quantitative estimate of drug-likeness (QED) is 0.855. The summed E-state index contributed by atoms with van der Waals surface area (Å²) in [5.41, 5.74) is 5.37. The van der Waals surface area contributed by atoms with Crippen LogP contribution in [0.2, 0.25) is 0 Å². The normalized spacial score (nSPS) is 10.5. The monoisotopic (exact) mass is 296 g/mol. The van der Waals surface area contributed by atoms with Crippen LogP contribution in [0.4, 0.5) is 0 Å². The predicted molar refractivity (Wildman–Crippen MR) is 79.5 cm³/mol. The van der Waals surface area contributed by atoms with Gasteiger partial charge in [0.15, 0.2) is 0 Å². The van der Waals surface area contributed by atoms with E-state index in [4.69, 9.17) is 0 Å². The van der Waals surface area contributed by atoms with Crippen molar-refractivity contribution in [2.24, 2.45) is 0 Å². The Morgan fingerprint density at radius 3 is 1.05 bits per heavy atom. The van der Waals surface area contributed by atoms with Crippen molar-refractivity contribution in [2.45, 2.75) is 27.7 Å². The summed E-state index contributed by atoms with van der Waals surface area (Å²) in [6.45, 7) is 7.33. The third kappa shape index (κ3) is 2.72. The van der Waals surface area contributed by atoms with Gasteiger partial charge in [-0.3, -0.25) is 0 Å². The van der Waals surface area contributed by atoms with Gasteiger partial charge in [0, 0.05) is 0 Å². The molecule has 0 heterocycles. The minimum atomic E-state index is -1.21. The summed E-state index contributed by atoms with van der Waals surface area (Å²) < 4.78 is 0. The number of aryl methyl sites for hydroxylation is 4. The molecule has 0 spiro atoms. The van der Waals surface area contributed by atoms with E-state index in [1.807, 2.05) is 27.7 Å². The van der Waals surface area contributed by atoms with E-state index in [-0.39, 0.29) is 11.1 Å². The first-order valence-corrected chi connectivity index (χ1v) is 6.88. The Kier molecular flexibility index (Phi) is 4.04. The van der Waals surface area contributed by atoms with Crippen molar-refractivity contribution >= 4 is 11.9 Å². The van der Waals surface area contributed by atoms with E-state index in [0.29, 0.717) is 0 Å². The number of carboxylic acids is 2. The Morgan fingerprint density at radius 2 is 0.864 bits per heavy atom. The molecule has 0 atom stereocenters. The lowest BCUT2D eigenvalue weighted by atomic mass is 9.87. The zero-order valence-corrected chi connectivity index (χ0v) is 12.9. The maximum atomic E-state index is 11.0. The van der Waals surface area contributed by atoms with Crippen LogP contribution in [0.15, 0.2) is 24.3 Å². The molecule has 0 aliphatic rings. The molecule has 22 heavy (non-hydrogen) atoms. The molecule has 0 aliphatic carbocycles. The molecule has 0 N–H and O–H groups in total. The fourth-order valence-corrected chi connectivity index (χ4v) is 2.95. The second-order valence-corrected chi connectivity index (χ2v) is 5.54. The van der Waals surface area contributed by atoms with E-state index >= 15 is 0 Å². The first kappa shape index (κ1) is 15.8. The van der Waals surface area contributed by atoms with Gasteiger partial charge in [-0.15, -0.1) is 0 Å². The number of carbonyl (C=O) groups excluding carboxylic acids is 2. The third-order valence-corrected chi connectivity index (χ3v) is 3.79. The van der Waals surface area contributed by atoms with Crippen molar-refractivity contribution in [3.63, 3.8) is 0 Å². The fourth-order valence-electron chi connectivity index (χ4n) is 2.95. The maximum Gasteiger partial charge on any atom is 0.0715 e. The van der Waals surface area contributed by atoms with Crippen LogP contribution >= 0.6 is 0 Å². The third-order valence-electron chi connectivity index (χ3n) is 3.79. The minimum absolute atomic E-state index is 0.139. The minimum Gasteiger partial charge on any atom is -0.545 e. The van der Waals surface area contributed by atoms with Crippen molar-refractivity contribution in [1.82, 2.24) is 0 Å². The second-order valence-electron chi connectivity index (χ2n) is 5.54. The maximum absolute atomic E-state index is 11.0. The largest absolute Gasteiger partial charge is 0.545 e. The van der Waals surface area contributed by atoms with Crippen LogP contribution in [0.3, 0.4) is 0 Å². The Balaban J connectivity index is 2.72. The van der Waals surface area contributed by atoms with E-state index < -0.39 is 11.9 Å². The lowest BCUT2D eigenvalue weighted by Gasteiger charge is -2.19. The van der Waals surface area contributed by atoms with Gasteiger partial charge in [0.1, 0.15) is 0 Å². The van der Waals surface area contributed by atoms with Crippen LogP contribution in [0, 0.1) is 27.7 Å². The van der Waals surface area contributed by atoms with Crippen LogP contribution in [-0.4, -0.2) is 11.9 Å². The molecule has 0 aromatic heterocycles. The highest BCUT2D eigenvalue weighted by Gasteiger charge is 2.14. The molecule has 0 radical (unpaired) electrons. The molecule has 2 aromatic carbocycles. The van der Waals surface area contributed by atoms with Crippen molar-refractivity contribution in [3.05, 3.63) is 57.6 Å². The Morgan fingerprint density at radius 1 is 0.636 bits per heavy atom. The lowest BCUT2D eigenvalue weighted by Crippen LogP contribution is -2.23. The van der Waals surface area contributed by atoms with Crippen molar-refractivity contribution < 1.29 is 19.8 Å². The van der Waals surface area contributed by atoms with Crippen molar-refractivity contribution in [3.8, 4) is 11.1 Å². The van der Waals surface area contributed by atoms with E-state index in [1.165, 1.54) is 0 Å².